The van der Waals surface area contributed by atoms with Gasteiger partial charge in [0.15, 0.2) is 5.15 Å². The molecule has 1 rings (SSSR count). The number of aliphatic hydroxyl groups is 1. The quantitative estimate of drug-likeness (QED) is 0.472. The summed E-state index contributed by atoms with van der Waals surface area (Å²) in [6.45, 7) is 2.05. The molecule has 3 N–H and O–H groups in total. The molecule has 78 valence electrons. The van der Waals surface area contributed by atoms with E-state index in [-0.39, 0.29) is 21.8 Å². The second kappa shape index (κ2) is 4.75. The van der Waals surface area contributed by atoms with Gasteiger partial charge < -0.3 is 15.6 Å². The number of ether oxygens (including phenoxy) is 1. The van der Waals surface area contributed by atoms with E-state index in [0.717, 1.165) is 0 Å². The van der Waals surface area contributed by atoms with Crippen molar-refractivity contribution in [3.63, 3.8) is 0 Å². The highest BCUT2D eigenvalue weighted by Crippen LogP contribution is 2.26. The van der Waals surface area contributed by atoms with E-state index in [1.165, 1.54) is 0 Å². The standard InChI is InChI=1S/C7H9Cl2N3O2/c1-2-14-6(13)4-3(10)5(8)12-7(9)11-4/h6,13H,2,10H2,1H3. The molecular formula is C7H9Cl2N3O2. The van der Waals surface area contributed by atoms with E-state index in [1.54, 1.807) is 6.92 Å². The highest BCUT2D eigenvalue weighted by Gasteiger charge is 2.17. The third kappa shape index (κ3) is 2.45. The molecule has 0 spiro atoms. The average Bonchev–Trinajstić information content (AvgIpc) is 2.11. The zero-order valence-electron chi connectivity index (χ0n) is 7.37. The zero-order valence-corrected chi connectivity index (χ0v) is 8.88. The van der Waals surface area contributed by atoms with E-state index >= 15 is 0 Å². The van der Waals surface area contributed by atoms with Gasteiger partial charge in [0.2, 0.25) is 11.6 Å². The highest BCUT2D eigenvalue weighted by atomic mass is 35.5. The fourth-order valence-electron chi connectivity index (χ4n) is 0.857. The van der Waals surface area contributed by atoms with E-state index in [1.807, 2.05) is 0 Å². The Morgan fingerprint density at radius 3 is 2.71 bits per heavy atom. The summed E-state index contributed by atoms with van der Waals surface area (Å²) >= 11 is 11.2. The normalized spacial score (nSPS) is 12.9. The number of rotatable bonds is 3. The molecule has 1 atom stereocenters. The number of nitrogens with zero attached hydrogens (tertiary/aromatic N) is 2. The lowest BCUT2D eigenvalue weighted by Gasteiger charge is -2.12. The highest BCUT2D eigenvalue weighted by molar-refractivity contribution is 6.33. The summed E-state index contributed by atoms with van der Waals surface area (Å²) in [5, 5.41) is 9.35. The molecule has 0 radical (unpaired) electrons. The number of halogens is 2. The van der Waals surface area contributed by atoms with Gasteiger partial charge in [0.05, 0.1) is 5.69 Å². The molecule has 0 amide bonds. The van der Waals surface area contributed by atoms with Gasteiger partial charge in [0.25, 0.3) is 0 Å². The summed E-state index contributed by atoms with van der Waals surface area (Å²) in [6.07, 6.45) is -1.24. The first-order chi connectivity index (χ1) is 6.56. The van der Waals surface area contributed by atoms with E-state index in [4.69, 9.17) is 33.7 Å². The molecule has 7 heteroatoms. The molecule has 0 bridgehead atoms. The minimum absolute atomic E-state index is 0.00115. The number of aromatic nitrogens is 2. The smallest absolute Gasteiger partial charge is 0.224 e. The van der Waals surface area contributed by atoms with Crippen LogP contribution in [0.1, 0.15) is 18.9 Å². The topological polar surface area (TPSA) is 81.3 Å². The molecule has 0 aliphatic carbocycles. The number of anilines is 1. The van der Waals surface area contributed by atoms with Crippen LogP contribution in [0, 0.1) is 0 Å². The van der Waals surface area contributed by atoms with Crippen molar-refractivity contribution in [2.24, 2.45) is 0 Å². The van der Waals surface area contributed by atoms with Crippen LogP contribution in [0.3, 0.4) is 0 Å². The first-order valence-corrected chi connectivity index (χ1v) is 4.60. The Balaban J connectivity index is 3.07. The summed E-state index contributed by atoms with van der Waals surface area (Å²) in [6, 6.07) is 0. The van der Waals surface area contributed by atoms with Crippen molar-refractivity contribution in [1.82, 2.24) is 9.97 Å². The van der Waals surface area contributed by atoms with Gasteiger partial charge in [0.1, 0.15) is 5.69 Å². The number of hydrogen-bond donors (Lipinski definition) is 2. The predicted molar refractivity (Wildman–Crippen MR) is 53.1 cm³/mol. The number of nitrogens with two attached hydrogens (primary N) is 1. The predicted octanol–water partition coefficient (Wildman–Crippen LogP) is 1.39. The monoisotopic (exact) mass is 237 g/mol. The van der Waals surface area contributed by atoms with Crippen LogP contribution in [0.5, 0.6) is 0 Å². The third-order valence-corrected chi connectivity index (χ3v) is 1.92. The van der Waals surface area contributed by atoms with E-state index in [9.17, 15) is 5.11 Å². The van der Waals surface area contributed by atoms with Crippen molar-refractivity contribution < 1.29 is 9.84 Å². The van der Waals surface area contributed by atoms with Crippen LogP contribution in [-0.4, -0.2) is 21.7 Å². The fraction of sp³-hybridized carbons (Fsp3) is 0.429. The minimum Gasteiger partial charge on any atom is -0.395 e. The van der Waals surface area contributed by atoms with Gasteiger partial charge in [-0.15, -0.1) is 0 Å². The summed E-state index contributed by atoms with van der Waals surface area (Å²) in [5.41, 5.74) is 5.67. The SMILES string of the molecule is CCOC(O)c1nc(Cl)nc(Cl)c1N. The molecule has 0 fully saturated rings. The largest absolute Gasteiger partial charge is 0.395 e. The van der Waals surface area contributed by atoms with E-state index in [2.05, 4.69) is 9.97 Å². The Morgan fingerprint density at radius 1 is 1.50 bits per heavy atom. The molecule has 0 aliphatic rings. The molecule has 14 heavy (non-hydrogen) atoms. The zero-order chi connectivity index (χ0) is 10.7. The minimum atomic E-state index is -1.24. The van der Waals surface area contributed by atoms with Crippen molar-refractivity contribution in [1.29, 1.82) is 0 Å². The molecule has 0 aliphatic heterocycles. The lowest BCUT2D eigenvalue weighted by atomic mass is 10.3. The van der Waals surface area contributed by atoms with Crippen LogP contribution in [0.25, 0.3) is 0 Å². The Bertz CT molecular complexity index is 335. The fourth-order valence-corrected chi connectivity index (χ4v) is 1.25. The average molecular weight is 238 g/mol. The summed E-state index contributed by atoms with van der Waals surface area (Å²) < 4.78 is 4.89. The Morgan fingerprint density at radius 2 is 2.14 bits per heavy atom. The van der Waals surface area contributed by atoms with Crippen LogP contribution in [0.15, 0.2) is 0 Å². The molecule has 5 nitrogen and oxygen atoms in total. The molecule has 1 heterocycles. The summed E-state index contributed by atoms with van der Waals surface area (Å²) in [5.74, 6) is 0. The maximum atomic E-state index is 9.44. The lowest BCUT2D eigenvalue weighted by molar-refractivity contribution is -0.100. The molecule has 0 saturated carbocycles. The van der Waals surface area contributed by atoms with Gasteiger partial charge in [-0.05, 0) is 18.5 Å². The van der Waals surface area contributed by atoms with Crippen molar-refractivity contribution in [2.75, 3.05) is 12.3 Å². The summed E-state index contributed by atoms with van der Waals surface area (Å²) in [4.78, 5) is 7.33. The molecule has 1 aromatic rings. The maximum Gasteiger partial charge on any atom is 0.224 e. The van der Waals surface area contributed by atoms with Gasteiger partial charge in [-0.2, -0.15) is 0 Å². The van der Waals surface area contributed by atoms with Crippen molar-refractivity contribution in [3.8, 4) is 0 Å². The molecular weight excluding hydrogens is 229 g/mol. The van der Waals surface area contributed by atoms with Gasteiger partial charge >= 0.3 is 0 Å². The Hall–Kier alpha value is -0.620. The lowest BCUT2D eigenvalue weighted by Crippen LogP contribution is -2.10. The first kappa shape index (κ1) is 11.5. The summed E-state index contributed by atoms with van der Waals surface area (Å²) in [7, 11) is 0. The second-order valence-corrected chi connectivity index (χ2v) is 3.09. The Kier molecular flexibility index (Phi) is 3.88. The van der Waals surface area contributed by atoms with E-state index < -0.39 is 6.29 Å². The maximum absolute atomic E-state index is 9.44. The Labute approximate surface area is 90.8 Å². The second-order valence-electron chi connectivity index (χ2n) is 2.39. The van der Waals surface area contributed by atoms with E-state index in [0.29, 0.717) is 6.61 Å². The first-order valence-electron chi connectivity index (χ1n) is 3.84. The molecule has 0 saturated heterocycles. The van der Waals surface area contributed by atoms with Crippen LogP contribution < -0.4 is 5.73 Å². The number of nitrogen functional groups attached to an aromatic ring is 1. The van der Waals surface area contributed by atoms with Crippen molar-refractivity contribution >= 4 is 28.9 Å². The van der Waals surface area contributed by atoms with Crippen LogP contribution in [0.2, 0.25) is 10.4 Å². The molecule has 0 aromatic carbocycles. The third-order valence-electron chi connectivity index (χ3n) is 1.46. The van der Waals surface area contributed by atoms with Crippen LogP contribution in [0.4, 0.5) is 5.69 Å². The molecule has 1 aromatic heterocycles. The van der Waals surface area contributed by atoms with Crippen LogP contribution >= 0.6 is 23.2 Å². The number of hydrogen-bond acceptors (Lipinski definition) is 5. The van der Waals surface area contributed by atoms with Crippen LogP contribution in [-0.2, 0) is 4.74 Å². The number of aliphatic hydroxyl groups excluding tert-OH is 1. The van der Waals surface area contributed by atoms with Gasteiger partial charge in [-0.25, -0.2) is 9.97 Å². The van der Waals surface area contributed by atoms with Gasteiger partial charge in [-0.1, -0.05) is 11.6 Å². The molecule has 1 unspecified atom stereocenters. The van der Waals surface area contributed by atoms with Gasteiger partial charge in [-0.3, -0.25) is 0 Å². The van der Waals surface area contributed by atoms with Gasteiger partial charge in [0, 0.05) is 6.61 Å². The van der Waals surface area contributed by atoms with Crippen molar-refractivity contribution in [2.45, 2.75) is 13.2 Å². The van der Waals surface area contributed by atoms with Crippen molar-refractivity contribution in [3.05, 3.63) is 16.1 Å².